The maximum Gasteiger partial charge on any atom is 0.233 e. The smallest absolute Gasteiger partial charge is 0.233 e. The number of thioether (sulfide) groups is 1. The minimum absolute atomic E-state index is 0.0198. The molecule has 0 saturated carbocycles. The highest BCUT2D eigenvalue weighted by atomic mass is 35.5. The third-order valence-electron chi connectivity index (χ3n) is 3.96. The van der Waals surface area contributed by atoms with Crippen LogP contribution in [0.25, 0.3) is 11.4 Å². The van der Waals surface area contributed by atoms with Crippen LogP contribution in [-0.2, 0) is 18.4 Å². The summed E-state index contributed by atoms with van der Waals surface area (Å²) in [7, 11) is 5.29. The van der Waals surface area contributed by atoms with Crippen LogP contribution in [0, 0.1) is 0 Å². The van der Waals surface area contributed by atoms with Gasteiger partial charge >= 0.3 is 0 Å². The van der Waals surface area contributed by atoms with Gasteiger partial charge in [0.1, 0.15) is 5.75 Å². The molecule has 2 aromatic heterocycles. The van der Waals surface area contributed by atoms with Gasteiger partial charge in [0, 0.05) is 19.0 Å². The molecule has 3 rings (SSSR count). The van der Waals surface area contributed by atoms with Crippen molar-refractivity contribution in [3.8, 4) is 17.1 Å². The van der Waals surface area contributed by atoms with Gasteiger partial charge in [-0.1, -0.05) is 35.5 Å². The molecule has 2 heterocycles. The fourth-order valence-corrected chi connectivity index (χ4v) is 4.49. The Balaban J connectivity index is 1.65. The van der Waals surface area contributed by atoms with E-state index in [4.69, 9.17) is 16.3 Å². The van der Waals surface area contributed by atoms with Crippen molar-refractivity contribution in [2.75, 3.05) is 19.9 Å². The molecule has 0 unspecified atom stereocenters. The van der Waals surface area contributed by atoms with Crippen molar-refractivity contribution in [3.63, 3.8) is 0 Å². The number of carbonyl (C=O) groups is 1. The van der Waals surface area contributed by atoms with Crippen molar-refractivity contribution in [1.29, 1.82) is 0 Å². The number of hydrogen-bond donors (Lipinski definition) is 0. The van der Waals surface area contributed by atoms with E-state index in [9.17, 15) is 4.79 Å². The number of nitrogens with zero attached hydrogens (tertiary/aromatic N) is 4. The largest absolute Gasteiger partial charge is 0.496 e. The molecule has 0 atom stereocenters. The predicted molar refractivity (Wildman–Crippen MR) is 110 cm³/mol. The third kappa shape index (κ3) is 4.63. The Morgan fingerprint density at radius 2 is 2.07 bits per heavy atom. The van der Waals surface area contributed by atoms with E-state index in [1.165, 1.54) is 23.1 Å². The Hall–Kier alpha value is -2.03. The van der Waals surface area contributed by atoms with Gasteiger partial charge in [-0.2, -0.15) is 0 Å². The molecule has 0 aliphatic rings. The predicted octanol–water partition coefficient (Wildman–Crippen LogP) is 3.96. The van der Waals surface area contributed by atoms with E-state index in [1.807, 2.05) is 48.0 Å². The zero-order valence-corrected chi connectivity index (χ0v) is 17.6. The van der Waals surface area contributed by atoms with E-state index in [-0.39, 0.29) is 11.7 Å². The van der Waals surface area contributed by atoms with Gasteiger partial charge < -0.3 is 14.2 Å². The average Bonchev–Trinajstić information content (AvgIpc) is 3.24. The van der Waals surface area contributed by atoms with Gasteiger partial charge in [-0.3, -0.25) is 4.79 Å². The van der Waals surface area contributed by atoms with Crippen LogP contribution in [0.1, 0.15) is 4.88 Å². The Labute approximate surface area is 171 Å². The van der Waals surface area contributed by atoms with E-state index in [0.29, 0.717) is 17.5 Å². The molecule has 0 saturated heterocycles. The van der Waals surface area contributed by atoms with Crippen LogP contribution in [-0.4, -0.2) is 45.5 Å². The highest BCUT2D eigenvalue weighted by Crippen LogP contribution is 2.30. The lowest BCUT2D eigenvalue weighted by Gasteiger charge is -2.15. The third-order valence-corrected chi connectivity index (χ3v) is 6.18. The molecule has 1 amide bonds. The quantitative estimate of drug-likeness (QED) is 0.539. The van der Waals surface area contributed by atoms with Gasteiger partial charge in [-0.25, -0.2) is 0 Å². The summed E-state index contributed by atoms with van der Waals surface area (Å²) in [5.41, 5.74) is 0.861. The Morgan fingerprint density at radius 3 is 2.78 bits per heavy atom. The SMILES string of the molecule is COc1ccccc1-c1nnc(SCC(=O)N(C)Cc2ccc(Cl)s2)n1C. The molecule has 1 aromatic carbocycles. The maximum absolute atomic E-state index is 12.4. The van der Waals surface area contributed by atoms with Crippen molar-refractivity contribution in [2.24, 2.45) is 7.05 Å². The van der Waals surface area contributed by atoms with Gasteiger partial charge in [0.25, 0.3) is 0 Å². The zero-order valence-electron chi connectivity index (χ0n) is 15.2. The molecule has 0 aliphatic heterocycles. The average molecular weight is 423 g/mol. The number of aromatic nitrogens is 3. The summed E-state index contributed by atoms with van der Waals surface area (Å²) in [6.45, 7) is 0.544. The number of ether oxygens (including phenoxy) is 1. The standard InChI is InChI=1S/C18H19ClN4O2S2/c1-22(10-12-8-9-15(19)27-12)16(24)11-26-18-21-20-17(23(18)2)13-6-4-5-7-14(13)25-3/h4-9H,10-11H2,1-3H3. The number of methoxy groups -OCH3 is 1. The summed E-state index contributed by atoms with van der Waals surface area (Å²) >= 11 is 8.78. The second-order valence-corrected chi connectivity index (χ2v) is 8.55. The summed E-state index contributed by atoms with van der Waals surface area (Å²) in [4.78, 5) is 15.2. The lowest BCUT2D eigenvalue weighted by Crippen LogP contribution is -2.27. The first-order valence-electron chi connectivity index (χ1n) is 8.13. The molecule has 0 aliphatic carbocycles. The highest BCUT2D eigenvalue weighted by molar-refractivity contribution is 7.99. The van der Waals surface area contributed by atoms with E-state index >= 15 is 0 Å². The Bertz CT molecular complexity index is 941. The highest BCUT2D eigenvalue weighted by Gasteiger charge is 2.17. The lowest BCUT2D eigenvalue weighted by atomic mass is 10.2. The maximum atomic E-state index is 12.4. The van der Waals surface area contributed by atoms with E-state index in [0.717, 1.165) is 20.5 Å². The van der Waals surface area contributed by atoms with Crippen molar-refractivity contribution >= 4 is 40.6 Å². The first kappa shape index (κ1) is 19.7. The molecule has 0 N–H and O–H groups in total. The molecular formula is C18H19ClN4O2S2. The molecule has 142 valence electrons. The summed E-state index contributed by atoms with van der Waals surface area (Å²) in [6, 6.07) is 11.4. The molecule has 9 heteroatoms. The monoisotopic (exact) mass is 422 g/mol. The summed E-state index contributed by atoms with van der Waals surface area (Å²) < 4.78 is 7.99. The first-order chi connectivity index (χ1) is 13.0. The van der Waals surface area contributed by atoms with Crippen molar-refractivity contribution in [3.05, 3.63) is 45.6 Å². The number of thiophene rings is 1. The van der Waals surface area contributed by atoms with Crippen LogP contribution in [0.3, 0.4) is 0 Å². The van der Waals surface area contributed by atoms with Gasteiger partial charge in [0.05, 0.1) is 29.3 Å². The summed E-state index contributed by atoms with van der Waals surface area (Å²) in [5, 5.41) is 9.16. The topological polar surface area (TPSA) is 60.3 Å². The van der Waals surface area contributed by atoms with Crippen LogP contribution in [0.4, 0.5) is 0 Å². The molecule has 0 radical (unpaired) electrons. The van der Waals surface area contributed by atoms with Crippen LogP contribution in [0.5, 0.6) is 5.75 Å². The number of halogens is 1. The minimum Gasteiger partial charge on any atom is -0.496 e. The van der Waals surface area contributed by atoms with Crippen LogP contribution < -0.4 is 4.74 Å². The second-order valence-electron chi connectivity index (χ2n) is 5.81. The Morgan fingerprint density at radius 1 is 1.30 bits per heavy atom. The van der Waals surface area contributed by atoms with Crippen LogP contribution in [0.15, 0.2) is 41.6 Å². The molecule has 0 fully saturated rings. The van der Waals surface area contributed by atoms with E-state index in [2.05, 4.69) is 10.2 Å². The van der Waals surface area contributed by atoms with Crippen molar-refractivity contribution in [2.45, 2.75) is 11.7 Å². The normalized spacial score (nSPS) is 10.8. The fourth-order valence-electron chi connectivity index (χ4n) is 2.50. The fraction of sp³-hybridized carbons (Fsp3) is 0.278. The van der Waals surface area contributed by atoms with E-state index < -0.39 is 0 Å². The number of benzene rings is 1. The minimum atomic E-state index is 0.0198. The van der Waals surface area contributed by atoms with Gasteiger partial charge in [-0.05, 0) is 24.3 Å². The molecular weight excluding hydrogens is 404 g/mol. The summed E-state index contributed by atoms with van der Waals surface area (Å²) in [6.07, 6.45) is 0. The zero-order chi connectivity index (χ0) is 19.4. The molecule has 0 bridgehead atoms. The molecule has 27 heavy (non-hydrogen) atoms. The van der Waals surface area contributed by atoms with E-state index in [1.54, 1.807) is 19.1 Å². The number of carbonyl (C=O) groups excluding carboxylic acids is 1. The van der Waals surface area contributed by atoms with Crippen LogP contribution in [0.2, 0.25) is 4.34 Å². The Kier molecular flexibility index (Phi) is 6.41. The number of hydrogen-bond acceptors (Lipinski definition) is 6. The van der Waals surface area contributed by atoms with Crippen molar-refractivity contribution < 1.29 is 9.53 Å². The number of rotatable bonds is 7. The number of amides is 1. The molecule has 6 nitrogen and oxygen atoms in total. The van der Waals surface area contributed by atoms with Gasteiger partial charge in [0.15, 0.2) is 11.0 Å². The summed E-state index contributed by atoms with van der Waals surface area (Å²) in [5.74, 6) is 1.73. The second kappa shape index (κ2) is 8.77. The number of para-hydroxylation sites is 1. The van der Waals surface area contributed by atoms with Crippen LogP contribution >= 0.6 is 34.7 Å². The lowest BCUT2D eigenvalue weighted by molar-refractivity contribution is -0.127. The molecule has 3 aromatic rings. The van der Waals surface area contributed by atoms with Gasteiger partial charge in [0.2, 0.25) is 5.91 Å². The molecule has 0 spiro atoms. The van der Waals surface area contributed by atoms with Crippen molar-refractivity contribution in [1.82, 2.24) is 19.7 Å². The van der Waals surface area contributed by atoms with Gasteiger partial charge in [-0.15, -0.1) is 21.5 Å². The first-order valence-corrected chi connectivity index (χ1v) is 10.3.